The zero-order valence-electron chi connectivity index (χ0n) is 12.2. The summed E-state index contributed by atoms with van der Waals surface area (Å²) in [5.41, 5.74) is 0.469. The Kier molecular flexibility index (Phi) is 4.36. The Labute approximate surface area is 124 Å². The first-order valence-electron chi connectivity index (χ1n) is 6.81. The van der Waals surface area contributed by atoms with Gasteiger partial charge in [-0.2, -0.15) is 0 Å². The van der Waals surface area contributed by atoms with Crippen molar-refractivity contribution in [2.24, 2.45) is 5.14 Å². The summed E-state index contributed by atoms with van der Waals surface area (Å²) in [4.78, 5) is 12.3. The van der Waals surface area contributed by atoms with E-state index < -0.39 is 15.6 Å². The van der Waals surface area contributed by atoms with Crippen LogP contribution < -0.4 is 10.5 Å². The summed E-state index contributed by atoms with van der Waals surface area (Å²) in [6.45, 7) is 4.79. The summed E-state index contributed by atoms with van der Waals surface area (Å²) >= 11 is 0. The van der Waals surface area contributed by atoms with E-state index in [1.54, 1.807) is 12.1 Å². The normalized spacial score (nSPS) is 22.2. The van der Waals surface area contributed by atoms with Crippen LogP contribution in [0.3, 0.4) is 0 Å². The van der Waals surface area contributed by atoms with Gasteiger partial charge < -0.3 is 10.1 Å². The molecule has 0 saturated carbocycles. The highest BCUT2D eigenvalue weighted by molar-refractivity contribution is 7.89. The average molecular weight is 312 g/mol. The molecular formula is C14H20N2O4S. The Hall–Kier alpha value is -1.44. The van der Waals surface area contributed by atoms with Gasteiger partial charge in [-0.3, -0.25) is 4.79 Å². The number of hydrogen-bond donors (Lipinski definition) is 2. The van der Waals surface area contributed by atoms with Gasteiger partial charge in [-0.05, 0) is 37.5 Å². The van der Waals surface area contributed by atoms with Crippen molar-refractivity contribution in [3.05, 3.63) is 29.3 Å². The van der Waals surface area contributed by atoms with Gasteiger partial charge in [0.15, 0.2) is 0 Å². The van der Waals surface area contributed by atoms with Gasteiger partial charge in [-0.15, -0.1) is 0 Å². The summed E-state index contributed by atoms with van der Waals surface area (Å²) < 4.78 is 28.5. The lowest BCUT2D eigenvalue weighted by Crippen LogP contribution is -2.46. The van der Waals surface area contributed by atoms with Crippen molar-refractivity contribution in [1.29, 1.82) is 0 Å². The van der Waals surface area contributed by atoms with Crippen LogP contribution in [0.2, 0.25) is 0 Å². The van der Waals surface area contributed by atoms with Gasteiger partial charge in [0.05, 0.1) is 17.0 Å². The van der Waals surface area contributed by atoms with Crippen LogP contribution in [-0.4, -0.2) is 33.1 Å². The number of hydrogen-bond acceptors (Lipinski definition) is 4. The minimum absolute atomic E-state index is 0.00507. The number of primary sulfonamides is 1. The Morgan fingerprint density at radius 2 is 2.19 bits per heavy atom. The van der Waals surface area contributed by atoms with Gasteiger partial charge in [0.2, 0.25) is 10.0 Å². The molecule has 1 amide bonds. The highest BCUT2D eigenvalue weighted by atomic mass is 32.2. The zero-order valence-corrected chi connectivity index (χ0v) is 13.0. The van der Waals surface area contributed by atoms with Gasteiger partial charge in [-0.1, -0.05) is 13.0 Å². The van der Waals surface area contributed by atoms with Gasteiger partial charge in [0.1, 0.15) is 0 Å². The van der Waals surface area contributed by atoms with Gasteiger partial charge >= 0.3 is 0 Å². The van der Waals surface area contributed by atoms with E-state index in [9.17, 15) is 13.2 Å². The number of benzene rings is 1. The number of sulfonamides is 1. The summed E-state index contributed by atoms with van der Waals surface area (Å²) in [5.74, 6) is -0.324. The molecule has 1 fully saturated rings. The summed E-state index contributed by atoms with van der Waals surface area (Å²) in [5, 5.41) is 8.10. The van der Waals surface area contributed by atoms with Crippen LogP contribution in [-0.2, 0) is 21.2 Å². The smallest absolute Gasteiger partial charge is 0.251 e. The molecule has 21 heavy (non-hydrogen) atoms. The van der Waals surface area contributed by atoms with Crippen LogP contribution >= 0.6 is 0 Å². The van der Waals surface area contributed by atoms with Crippen LogP contribution in [0.15, 0.2) is 23.1 Å². The van der Waals surface area contributed by atoms with Crippen LogP contribution in [0.4, 0.5) is 0 Å². The average Bonchev–Trinajstić information content (AvgIpc) is 2.83. The van der Waals surface area contributed by atoms with Crippen molar-refractivity contribution in [3.63, 3.8) is 0 Å². The second kappa shape index (κ2) is 5.75. The quantitative estimate of drug-likeness (QED) is 0.859. The predicted octanol–water partition coefficient (Wildman–Crippen LogP) is 0.805. The maximum atomic E-state index is 12.3. The van der Waals surface area contributed by atoms with E-state index >= 15 is 0 Å². The molecule has 0 aromatic heterocycles. The number of rotatable bonds is 4. The Morgan fingerprint density at radius 1 is 1.48 bits per heavy atom. The lowest BCUT2D eigenvalue weighted by Gasteiger charge is -2.23. The molecule has 1 atom stereocenters. The molecule has 0 radical (unpaired) electrons. The van der Waals surface area contributed by atoms with Crippen LogP contribution in [0, 0.1) is 0 Å². The zero-order chi connectivity index (χ0) is 15.7. The first-order chi connectivity index (χ1) is 9.75. The van der Waals surface area contributed by atoms with Crippen molar-refractivity contribution in [3.8, 4) is 0 Å². The highest BCUT2D eigenvalue weighted by Gasteiger charge is 2.31. The molecule has 1 saturated heterocycles. The Morgan fingerprint density at radius 3 is 2.71 bits per heavy atom. The number of nitrogens with two attached hydrogens (primary N) is 1. The third kappa shape index (κ3) is 3.61. The van der Waals surface area contributed by atoms with Crippen molar-refractivity contribution in [1.82, 2.24) is 5.32 Å². The van der Waals surface area contributed by atoms with Gasteiger partial charge in [0.25, 0.3) is 5.91 Å². The largest absolute Gasteiger partial charge is 0.379 e. The fraction of sp³-hybridized carbons (Fsp3) is 0.500. The second-order valence-electron chi connectivity index (χ2n) is 5.54. The molecule has 3 N–H and O–H groups in total. The molecule has 1 unspecified atom stereocenters. The minimum atomic E-state index is -3.85. The Balaban J connectivity index is 2.30. The standard InChI is InChI=1S/C14H20N2O4S/c1-3-10-4-5-11(8-12(10)21(15,18)19)13(17)16-14(2)6-7-20-9-14/h4-5,8H,3,6-7,9H2,1-2H3,(H,16,17)(H2,15,18,19). The second-order valence-corrected chi connectivity index (χ2v) is 7.07. The van der Waals surface area contributed by atoms with E-state index in [1.807, 2.05) is 13.8 Å². The molecule has 1 aromatic rings. The van der Waals surface area contributed by atoms with E-state index in [1.165, 1.54) is 6.07 Å². The molecule has 7 heteroatoms. The molecule has 116 valence electrons. The molecule has 6 nitrogen and oxygen atoms in total. The van der Waals surface area contributed by atoms with Crippen molar-refractivity contribution in [2.45, 2.75) is 37.1 Å². The van der Waals surface area contributed by atoms with Gasteiger partial charge in [-0.25, -0.2) is 13.6 Å². The molecule has 1 aliphatic heterocycles. The topological polar surface area (TPSA) is 98.5 Å². The number of nitrogens with one attached hydrogen (secondary N) is 1. The molecule has 1 aliphatic rings. The molecule has 2 rings (SSSR count). The van der Waals surface area contributed by atoms with E-state index in [4.69, 9.17) is 9.88 Å². The summed E-state index contributed by atoms with van der Waals surface area (Å²) in [6, 6.07) is 4.58. The van der Waals surface area contributed by atoms with Crippen LogP contribution in [0.5, 0.6) is 0 Å². The number of amides is 1. The number of ether oxygens (including phenoxy) is 1. The van der Waals surface area contributed by atoms with Crippen LogP contribution in [0.1, 0.15) is 36.2 Å². The lowest BCUT2D eigenvalue weighted by atomic mass is 10.0. The van der Waals surface area contributed by atoms with E-state index in [-0.39, 0.29) is 16.4 Å². The van der Waals surface area contributed by atoms with Crippen LogP contribution in [0.25, 0.3) is 0 Å². The molecule has 1 heterocycles. The summed E-state index contributed by atoms with van der Waals surface area (Å²) in [7, 11) is -3.85. The SMILES string of the molecule is CCc1ccc(C(=O)NC2(C)CCOC2)cc1S(N)(=O)=O. The van der Waals surface area contributed by atoms with Crippen molar-refractivity contribution < 1.29 is 17.9 Å². The molecule has 0 aliphatic carbocycles. The first-order valence-corrected chi connectivity index (χ1v) is 8.36. The third-order valence-corrected chi connectivity index (χ3v) is 4.64. The Bertz CT molecular complexity index is 649. The fourth-order valence-electron chi connectivity index (χ4n) is 2.36. The summed E-state index contributed by atoms with van der Waals surface area (Å²) in [6.07, 6.45) is 1.26. The minimum Gasteiger partial charge on any atom is -0.379 e. The number of carbonyl (C=O) groups is 1. The maximum absolute atomic E-state index is 12.3. The highest BCUT2D eigenvalue weighted by Crippen LogP contribution is 2.20. The third-order valence-electron chi connectivity index (χ3n) is 3.65. The molecule has 0 spiro atoms. The van der Waals surface area contributed by atoms with Crippen molar-refractivity contribution in [2.75, 3.05) is 13.2 Å². The van der Waals surface area contributed by atoms with Gasteiger partial charge in [0, 0.05) is 12.2 Å². The molecule has 0 bridgehead atoms. The lowest BCUT2D eigenvalue weighted by molar-refractivity contribution is 0.0889. The van der Waals surface area contributed by atoms with E-state index in [0.717, 1.165) is 6.42 Å². The number of carbonyl (C=O) groups excluding carboxylic acids is 1. The number of aryl methyl sites for hydroxylation is 1. The predicted molar refractivity (Wildman–Crippen MR) is 78.5 cm³/mol. The maximum Gasteiger partial charge on any atom is 0.251 e. The monoisotopic (exact) mass is 312 g/mol. The first kappa shape index (κ1) is 15.9. The van der Waals surface area contributed by atoms with E-state index in [0.29, 0.717) is 25.2 Å². The van der Waals surface area contributed by atoms with E-state index in [2.05, 4.69) is 5.32 Å². The molecular weight excluding hydrogens is 292 g/mol. The fourth-order valence-corrected chi connectivity index (χ4v) is 3.23. The molecule has 1 aromatic carbocycles. The van der Waals surface area contributed by atoms with Crippen molar-refractivity contribution >= 4 is 15.9 Å².